The molecule has 0 saturated carbocycles. The zero-order valence-electron chi connectivity index (χ0n) is 11.3. The molecule has 0 aliphatic rings. The highest BCUT2D eigenvalue weighted by molar-refractivity contribution is 5.33. The Bertz CT molecular complexity index is 352. The molecule has 0 fully saturated rings. The van der Waals surface area contributed by atoms with Gasteiger partial charge in [0.1, 0.15) is 12.4 Å². The topological polar surface area (TPSA) is 30.5 Å². The van der Waals surface area contributed by atoms with Crippen LogP contribution in [0.3, 0.4) is 0 Å². The second-order valence-electron chi connectivity index (χ2n) is 4.15. The fourth-order valence-electron chi connectivity index (χ4n) is 1.72. The first-order chi connectivity index (χ1) is 8.81. The molecule has 0 saturated heterocycles. The molecule has 0 spiro atoms. The summed E-state index contributed by atoms with van der Waals surface area (Å²) < 4.78 is 10.8. The lowest BCUT2D eigenvalue weighted by molar-refractivity contribution is 0.163. The van der Waals surface area contributed by atoms with Crippen molar-refractivity contribution in [1.29, 1.82) is 0 Å². The van der Waals surface area contributed by atoms with Gasteiger partial charge in [-0.05, 0) is 12.5 Å². The summed E-state index contributed by atoms with van der Waals surface area (Å²) in [5, 5.41) is 3.47. The smallest absolute Gasteiger partial charge is 0.124 e. The Kier molecular flexibility index (Phi) is 7.14. The zero-order chi connectivity index (χ0) is 13.2. The Hall–Kier alpha value is -1.32. The SMILES string of the molecule is C=CCOc1ccccc1CNC(CC)COC. The van der Waals surface area contributed by atoms with Crippen LogP contribution in [0.25, 0.3) is 0 Å². The van der Waals surface area contributed by atoms with Gasteiger partial charge in [-0.25, -0.2) is 0 Å². The van der Waals surface area contributed by atoms with Crippen molar-refractivity contribution in [3.63, 3.8) is 0 Å². The van der Waals surface area contributed by atoms with Crippen molar-refractivity contribution in [3.8, 4) is 5.75 Å². The molecule has 1 N–H and O–H groups in total. The highest BCUT2D eigenvalue weighted by Gasteiger charge is 2.07. The fraction of sp³-hybridized carbons (Fsp3) is 0.467. The van der Waals surface area contributed by atoms with Gasteiger partial charge >= 0.3 is 0 Å². The van der Waals surface area contributed by atoms with Crippen molar-refractivity contribution >= 4 is 0 Å². The first-order valence-corrected chi connectivity index (χ1v) is 6.35. The number of hydrogen-bond acceptors (Lipinski definition) is 3. The van der Waals surface area contributed by atoms with Crippen LogP contribution in [-0.2, 0) is 11.3 Å². The molecule has 1 atom stereocenters. The van der Waals surface area contributed by atoms with E-state index in [1.54, 1.807) is 13.2 Å². The Morgan fingerprint density at radius 3 is 2.83 bits per heavy atom. The lowest BCUT2D eigenvalue weighted by Gasteiger charge is -2.17. The van der Waals surface area contributed by atoms with E-state index in [1.807, 2.05) is 18.2 Å². The number of benzene rings is 1. The standard InChI is InChI=1S/C15H23NO2/c1-4-10-18-15-9-7-6-8-13(15)11-16-14(5-2)12-17-3/h4,6-9,14,16H,1,5,10-12H2,2-3H3. The van der Waals surface area contributed by atoms with Gasteiger partial charge in [0, 0.05) is 25.3 Å². The van der Waals surface area contributed by atoms with Crippen LogP contribution in [0.1, 0.15) is 18.9 Å². The molecule has 0 aliphatic heterocycles. The Labute approximate surface area is 110 Å². The van der Waals surface area contributed by atoms with E-state index in [-0.39, 0.29) is 0 Å². The summed E-state index contributed by atoms with van der Waals surface area (Å²) in [6.07, 6.45) is 2.80. The predicted molar refractivity (Wildman–Crippen MR) is 74.9 cm³/mol. The lowest BCUT2D eigenvalue weighted by Crippen LogP contribution is -2.32. The summed E-state index contributed by atoms with van der Waals surface area (Å²) in [6.45, 7) is 7.86. The highest BCUT2D eigenvalue weighted by atomic mass is 16.5. The zero-order valence-corrected chi connectivity index (χ0v) is 11.3. The van der Waals surface area contributed by atoms with Crippen LogP contribution in [0.2, 0.25) is 0 Å². The van der Waals surface area contributed by atoms with Gasteiger partial charge in [-0.1, -0.05) is 37.8 Å². The summed E-state index contributed by atoms with van der Waals surface area (Å²) in [6, 6.07) is 8.44. The van der Waals surface area contributed by atoms with E-state index in [0.717, 1.165) is 30.9 Å². The Morgan fingerprint density at radius 2 is 2.17 bits per heavy atom. The molecule has 100 valence electrons. The number of methoxy groups -OCH3 is 1. The summed E-state index contributed by atoms with van der Waals surface area (Å²) in [7, 11) is 1.73. The number of nitrogens with one attached hydrogen (secondary N) is 1. The normalized spacial score (nSPS) is 12.1. The van der Waals surface area contributed by atoms with E-state index >= 15 is 0 Å². The molecule has 1 aromatic rings. The molecule has 18 heavy (non-hydrogen) atoms. The number of ether oxygens (including phenoxy) is 2. The van der Waals surface area contributed by atoms with Gasteiger partial charge in [0.05, 0.1) is 6.61 Å². The van der Waals surface area contributed by atoms with Crippen LogP contribution in [0.15, 0.2) is 36.9 Å². The van der Waals surface area contributed by atoms with E-state index in [4.69, 9.17) is 9.47 Å². The molecule has 0 aliphatic carbocycles. The highest BCUT2D eigenvalue weighted by Crippen LogP contribution is 2.17. The second-order valence-corrected chi connectivity index (χ2v) is 4.15. The van der Waals surface area contributed by atoms with Crippen molar-refractivity contribution in [2.75, 3.05) is 20.3 Å². The van der Waals surface area contributed by atoms with E-state index in [0.29, 0.717) is 12.6 Å². The Morgan fingerprint density at radius 1 is 1.39 bits per heavy atom. The molecule has 1 rings (SSSR count). The van der Waals surface area contributed by atoms with Crippen LogP contribution < -0.4 is 10.1 Å². The van der Waals surface area contributed by atoms with E-state index in [1.165, 1.54) is 0 Å². The van der Waals surface area contributed by atoms with E-state index < -0.39 is 0 Å². The van der Waals surface area contributed by atoms with Crippen molar-refractivity contribution in [1.82, 2.24) is 5.32 Å². The first-order valence-electron chi connectivity index (χ1n) is 6.35. The van der Waals surface area contributed by atoms with Crippen molar-refractivity contribution in [3.05, 3.63) is 42.5 Å². The van der Waals surface area contributed by atoms with Gasteiger partial charge in [-0.15, -0.1) is 0 Å². The largest absolute Gasteiger partial charge is 0.489 e. The van der Waals surface area contributed by atoms with E-state index in [2.05, 4.69) is 24.9 Å². The first kappa shape index (κ1) is 14.7. The van der Waals surface area contributed by atoms with Gasteiger partial charge in [-0.2, -0.15) is 0 Å². The van der Waals surface area contributed by atoms with Crippen LogP contribution in [0.5, 0.6) is 5.75 Å². The average molecular weight is 249 g/mol. The second kappa shape index (κ2) is 8.72. The molecule has 1 aromatic carbocycles. The van der Waals surface area contributed by atoms with Crippen molar-refractivity contribution in [2.24, 2.45) is 0 Å². The molecule has 1 unspecified atom stereocenters. The number of rotatable bonds is 9. The Balaban J connectivity index is 2.56. The average Bonchev–Trinajstić information content (AvgIpc) is 2.42. The van der Waals surface area contributed by atoms with Crippen LogP contribution in [0.4, 0.5) is 0 Å². The quantitative estimate of drug-likeness (QED) is 0.683. The molecule has 0 radical (unpaired) electrons. The van der Waals surface area contributed by atoms with Gasteiger partial charge in [0.2, 0.25) is 0 Å². The van der Waals surface area contributed by atoms with Crippen LogP contribution in [-0.4, -0.2) is 26.4 Å². The molecular weight excluding hydrogens is 226 g/mol. The van der Waals surface area contributed by atoms with Crippen LogP contribution in [0, 0.1) is 0 Å². The molecule has 3 nitrogen and oxygen atoms in total. The van der Waals surface area contributed by atoms with Gasteiger partial charge in [0.15, 0.2) is 0 Å². The third-order valence-corrected chi connectivity index (χ3v) is 2.77. The van der Waals surface area contributed by atoms with Gasteiger partial charge < -0.3 is 14.8 Å². The lowest BCUT2D eigenvalue weighted by atomic mass is 10.1. The van der Waals surface area contributed by atoms with Gasteiger partial charge in [-0.3, -0.25) is 0 Å². The summed E-state index contributed by atoms with van der Waals surface area (Å²) in [4.78, 5) is 0. The molecule has 0 amide bonds. The fourth-order valence-corrected chi connectivity index (χ4v) is 1.72. The maximum absolute atomic E-state index is 5.62. The van der Waals surface area contributed by atoms with Crippen molar-refractivity contribution < 1.29 is 9.47 Å². The third kappa shape index (κ3) is 4.90. The molecule has 0 bridgehead atoms. The summed E-state index contributed by atoms with van der Waals surface area (Å²) >= 11 is 0. The third-order valence-electron chi connectivity index (χ3n) is 2.77. The van der Waals surface area contributed by atoms with Gasteiger partial charge in [0.25, 0.3) is 0 Å². The van der Waals surface area contributed by atoms with Crippen LogP contribution >= 0.6 is 0 Å². The van der Waals surface area contributed by atoms with Crippen molar-refractivity contribution in [2.45, 2.75) is 25.9 Å². The maximum atomic E-state index is 5.62. The number of para-hydroxylation sites is 1. The number of hydrogen-bond donors (Lipinski definition) is 1. The molecular formula is C15H23NO2. The minimum absolute atomic E-state index is 0.377. The predicted octanol–water partition coefficient (Wildman–Crippen LogP) is 2.77. The summed E-state index contributed by atoms with van der Waals surface area (Å²) in [5.41, 5.74) is 1.16. The summed E-state index contributed by atoms with van der Waals surface area (Å²) in [5.74, 6) is 0.914. The molecule has 0 aromatic heterocycles. The monoisotopic (exact) mass is 249 g/mol. The maximum Gasteiger partial charge on any atom is 0.124 e. The minimum atomic E-state index is 0.377. The molecule has 3 heteroatoms. The minimum Gasteiger partial charge on any atom is -0.489 e. The molecule has 0 heterocycles. The van der Waals surface area contributed by atoms with E-state index in [9.17, 15) is 0 Å².